The minimum atomic E-state index is 0.815. The Labute approximate surface area is 97.5 Å². The molecule has 0 aliphatic heterocycles. The van der Waals surface area contributed by atoms with Crippen LogP contribution in [0.5, 0.6) is 0 Å². The third kappa shape index (κ3) is 2.93. The van der Waals surface area contributed by atoms with Crippen molar-refractivity contribution in [3.05, 3.63) is 52.1 Å². The Morgan fingerprint density at radius 1 is 1.20 bits per heavy atom. The molecule has 15 heavy (non-hydrogen) atoms. The van der Waals surface area contributed by atoms with Crippen LogP contribution >= 0.6 is 15.9 Å². The van der Waals surface area contributed by atoms with Gasteiger partial charge in [0.2, 0.25) is 0 Å². The highest BCUT2D eigenvalue weighted by Gasteiger charge is 2.01. The molecule has 0 unspecified atom stereocenters. The van der Waals surface area contributed by atoms with Crippen molar-refractivity contribution in [1.82, 2.24) is 4.98 Å². The Bertz CT molecular complexity index is 433. The summed E-state index contributed by atoms with van der Waals surface area (Å²) in [5, 5.41) is 0. The molecule has 0 atom stereocenters. The minimum absolute atomic E-state index is 0.815. The molecular weight excluding hydrogens is 254 g/mol. The summed E-state index contributed by atoms with van der Waals surface area (Å²) in [6.45, 7) is 1.94. The first-order chi connectivity index (χ1) is 7.24. The molecule has 0 saturated carbocycles. The number of hydrogen-bond donors (Lipinski definition) is 0. The molecule has 0 aliphatic rings. The number of oxazole rings is 1. The zero-order valence-corrected chi connectivity index (χ0v) is 10.1. The first-order valence-electron chi connectivity index (χ1n) is 4.89. The van der Waals surface area contributed by atoms with Crippen LogP contribution in [0.3, 0.4) is 0 Å². The molecule has 0 saturated heterocycles. The molecule has 1 aromatic heterocycles. The van der Waals surface area contributed by atoms with Crippen LogP contribution in [0.25, 0.3) is 0 Å². The van der Waals surface area contributed by atoms with Crippen LogP contribution in [0.15, 0.2) is 39.4 Å². The van der Waals surface area contributed by atoms with Crippen LogP contribution < -0.4 is 0 Å². The predicted octanol–water partition coefficient (Wildman–Crippen LogP) is 3.53. The summed E-state index contributed by atoms with van der Waals surface area (Å²) in [5.74, 6) is 0.815. The Morgan fingerprint density at radius 2 is 1.93 bits per heavy atom. The zero-order valence-electron chi connectivity index (χ0n) is 8.53. The van der Waals surface area contributed by atoms with Gasteiger partial charge in [-0.3, -0.25) is 0 Å². The van der Waals surface area contributed by atoms with Crippen molar-refractivity contribution >= 4 is 15.9 Å². The van der Waals surface area contributed by atoms with Crippen molar-refractivity contribution < 1.29 is 4.42 Å². The average molecular weight is 266 g/mol. The highest BCUT2D eigenvalue weighted by molar-refractivity contribution is 9.10. The standard InChI is InChI=1S/C12H12BrNO/c1-9-8-15-12(14-9)7-4-10-2-5-11(13)6-3-10/h2-3,5-6,8H,4,7H2,1H3. The quantitative estimate of drug-likeness (QED) is 0.849. The van der Waals surface area contributed by atoms with Crippen molar-refractivity contribution in [2.45, 2.75) is 19.8 Å². The van der Waals surface area contributed by atoms with Crippen molar-refractivity contribution in [3.8, 4) is 0 Å². The normalized spacial score (nSPS) is 10.5. The van der Waals surface area contributed by atoms with Gasteiger partial charge in [0.15, 0.2) is 5.89 Å². The smallest absolute Gasteiger partial charge is 0.194 e. The van der Waals surface area contributed by atoms with Crippen LogP contribution in [0.2, 0.25) is 0 Å². The van der Waals surface area contributed by atoms with Crippen molar-refractivity contribution in [1.29, 1.82) is 0 Å². The van der Waals surface area contributed by atoms with Gasteiger partial charge in [0.1, 0.15) is 6.26 Å². The fraction of sp³-hybridized carbons (Fsp3) is 0.250. The van der Waals surface area contributed by atoms with E-state index < -0.39 is 0 Å². The fourth-order valence-electron chi connectivity index (χ4n) is 1.42. The van der Waals surface area contributed by atoms with Crippen LogP contribution in [0.4, 0.5) is 0 Å². The van der Waals surface area contributed by atoms with E-state index in [1.54, 1.807) is 6.26 Å². The van der Waals surface area contributed by atoms with Gasteiger partial charge in [-0.1, -0.05) is 28.1 Å². The Kier molecular flexibility index (Phi) is 3.21. The monoisotopic (exact) mass is 265 g/mol. The summed E-state index contributed by atoms with van der Waals surface area (Å²) < 4.78 is 6.40. The lowest BCUT2D eigenvalue weighted by atomic mass is 10.1. The van der Waals surface area contributed by atoms with Crippen LogP contribution in [0, 0.1) is 6.92 Å². The summed E-state index contributed by atoms with van der Waals surface area (Å²) >= 11 is 3.41. The van der Waals surface area contributed by atoms with Gasteiger partial charge in [-0.25, -0.2) is 4.98 Å². The van der Waals surface area contributed by atoms with Crippen LogP contribution in [0.1, 0.15) is 17.1 Å². The maximum Gasteiger partial charge on any atom is 0.194 e. The lowest BCUT2D eigenvalue weighted by Crippen LogP contribution is -1.91. The Hall–Kier alpha value is -1.09. The third-order valence-corrected chi connectivity index (χ3v) is 2.74. The van der Waals surface area contributed by atoms with Crippen molar-refractivity contribution in [2.24, 2.45) is 0 Å². The molecule has 0 aliphatic carbocycles. The molecule has 0 amide bonds. The average Bonchev–Trinajstić information content (AvgIpc) is 2.64. The molecule has 0 fully saturated rings. The number of aryl methyl sites for hydroxylation is 3. The van der Waals surface area contributed by atoms with Gasteiger partial charge in [0.05, 0.1) is 5.69 Å². The molecule has 1 heterocycles. The molecular formula is C12H12BrNO. The summed E-state index contributed by atoms with van der Waals surface area (Å²) in [5.41, 5.74) is 2.25. The van der Waals surface area contributed by atoms with E-state index in [1.165, 1.54) is 5.56 Å². The van der Waals surface area contributed by atoms with Gasteiger partial charge < -0.3 is 4.42 Å². The topological polar surface area (TPSA) is 26.0 Å². The third-order valence-electron chi connectivity index (χ3n) is 2.21. The molecule has 0 radical (unpaired) electrons. The first kappa shape index (κ1) is 10.4. The molecule has 2 rings (SSSR count). The van der Waals surface area contributed by atoms with E-state index in [4.69, 9.17) is 4.42 Å². The van der Waals surface area contributed by atoms with Gasteiger partial charge in [-0.15, -0.1) is 0 Å². The minimum Gasteiger partial charge on any atom is -0.449 e. The number of benzene rings is 1. The van der Waals surface area contributed by atoms with E-state index >= 15 is 0 Å². The van der Waals surface area contributed by atoms with E-state index in [9.17, 15) is 0 Å². The second-order valence-electron chi connectivity index (χ2n) is 3.51. The van der Waals surface area contributed by atoms with Crippen molar-refractivity contribution in [3.63, 3.8) is 0 Å². The molecule has 0 bridgehead atoms. The fourth-order valence-corrected chi connectivity index (χ4v) is 1.68. The first-order valence-corrected chi connectivity index (χ1v) is 5.69. The SMILES string of the molecule is Cc1coc(CCc2ccc(Br)cc2)n1. The Morgan fingerprint density at radius 3 is 2.53 bits per heavy atom. The van der Waals surface area contributed by atoms with Crippen molar-refractivity contribution in [2.75, 3.05) is 0 Å². The second kappa shape index (κ2) is 4.62. The number of halogens is 1. The van der Waals surface area contributed by atoms with Gasteiger partial charge in [-0.2, -0.15) is 0 Å². The van der Waals surface area contributed by atoms with E-state index in [1.807, 2.05) is 6.92 Å². The second-order valence-corrected chi connectivity index (χ2v) is 4.42. The predicted molar refractivity (Wildman–Crippen MR) is 62.8 cm³/mol. The summed E-state index contributed by atoms with van der Waals surface area (Å²) in [4.78, 5) is 4.27. The molecule has 78 valence electrons. The summed E-state index contributed by atoms with van der Waals surface area (Å²) in [7, 11) is 0. The van der Waals surface area contributed by atoms with Gasteiger partial charge in [0.25, 0.3) is 0 Å². The Balaban J connectivity index is 1.96. The number of nitrogens with zero attached hydrogens (tertiary/aromatic N) is 1. The van der Waals surface area contributed by atoms with Gasteiger partial charge in [-0.05, 0) is 31.0 Å². The van der Waals surface area contributed by atoms with E-state index in [0.29, 0.717) is 0 Å². The molecule has 0 spiro atoms. The maximum atomic E-state index is 5.29. The summed E-state index contributed by atoms with van der Waals surface area (Å²) in [6.07, 6.45) is 3.51. The van der Waals surface area contributed by atoms with Gasteiger partial charge >= 0.3 is 0 Å². The van der Waals surface area contributed by atoms with E-state index in [2.05, 4.69) is 45.2 Å². The highest BCUT2D eigenvalue weighted by atomic mass is 79.9. The molecule has 3 heteroatoms. The van der Waals surface area contributed by atoms with E-state index in [0.717, 1.165) is 28.9 Å². The molecule has 2 aromatic rings. The molecule has 2 nitrogen and oxygen atoms in total. The number of aromatic nitrogens is 1. The number of hydrogen-bond acceptors (Lipinski definition) is 2. The largest absolute Gasteiger partial charge is 0.449 e. The van der Waals surface area contributed by atoms with Crippen LogP contribution in [-0.4, -0.2) is 4.98 Å². The summed E-state index contributed by atoms with van der Waals surface area (Å²) in [6, 6.07) is 8.33. The molecule has 0 N–H and O–H groups in total. The highest BCUT2D eigenvalue weighted by Crippen LogP contribution is 2.12. The zero-order chi connectivity index (χ0) is 10.7. The lowest BCUT2D eigenvalue weighted by Gasteiger charge is -1.98. The number of rotatable bonds is 3. The lowest BCUT2D eigenvalue weighted by molar-refractivity contribution is 0.493. The maximum absolute atomic E-state index is 5.29. The van der Waals surface area contributed by atoms with E-state index in [-0.39, 0.29) is 0 Å². The molecule has 1 aromatic carbocycles. The van der Waals surface area contributed by atoms with Gasteiger partial charge in [0, 0.05) is 10.9 Å². The van der Waals surface area contributed by atoms with Crippen LogP contribution in [-0.2, 0) is 12.8 Å².